The van der Waals surface area contributed by atoms with Crippen molar-refractivity contribution in [2.45, 2.75) is 31.2 Å². The van der Waals surface area contributed by atoms with E-state index in [-0.39, 0.29) is 11.3 Å². The van der Waals surface area contributed by atoms with Crippen molar-refractivity contribution in [2.75, 3.05) is 11.9 Å². The normalized spacial score (nSPS) is 12.9. The number of carbonyl (C=O) groups is 1. The van der Waals surface area contributed by atoms with E-state index in [1.807, 2.05) is 6.92 Å². The van der Waals surface area contributed by atoms with Gasteiger partial charge in [0.2, 0.25) is 15.9 Å². The van der Waals surface area contributed by atoms with Crippen LogP contribution < -0.4 is 15.8 Å². The topological polar surface area (TPSA) is 114 Å². The van der Waals surface area contributed by atoms with Crippen molar-refractivity contribution >= 4 is 21.6 Å². The molecule has 0 aromatic carbocycles. The predicted molar refractivity (Wildman–Crippen MR) is 72.0 cm³/mol. The Morgan fingerprint density at radius 2 is 2.21 bits per heavy atom. The van der Waals surface area contributed by atoms with Gasteiger partial charge in [0.15, 0.2) is 0 Å². The minimum atomic E-state index is -3.74. The summed E-state index contributed by atoms with van der Waals surface area (Å²) in [6.45, 7) is 4.02. The number of amides is 1. The van der Waals surface area contributed by atoms with Crippen molar-refractivity contribution in [1.82, 2.24) is 9.71 Å². The lowest BCUT2D eigenvalue weighted by Crippen LogP contribution is -2.36. The molecule has 106 valence electrons. The molecule has 1 aromatic heterocycles. The maximum absolute atomic E-state index is 12.2. The Bertz CT molecular complexity index is 545. The van der Waals surface area contributed by atoms with E-state index in [9.17, 15) is 13.2 Å². The van der Waals surface area contributed by atoms with Crippen molar-refractivity contribution < 1.29 is 13.2 Å². The average molecular weight is 286 g/mol. The van der Waals surface area contributed by atoms with Crippen LogP contribution in [0.5, 0.6) is 0 Å². The third-order valence-corrected chi connectivity index (χ3v) is 3.92. The smallest absolute Gasteiger partial charge is 0.244 e. The Labute approximate surface area is 112 Å². The number of anilines is 1. The molecular formula is C11H18N4O3S. The molecule has 1 aromatic rings. The molecule has 4 N–H and O–H groups in total. The number of nitrogens with one attached hydrogen (secondary N) is 2. The quantitative estimate of drug-likeness (QED) is 0.655. The van der Waals surface area contributed by atoms with E-state index in [0.717, 1.165) is 0 Å². The van der Waals surface area contributed by atoms with Crippen molar-refractivity contribution in [3.8, 4) is 0 Å². The molecule has 0 saturated carbocycles. The van der Waals surface area contributed by atoms with Crippen LogP contribution >= 0.6 is 0 Å². The fraction of sp³-hybridized carbons (Fsp3) is 0.455. The first-order chi connectivity index (χ1) is 8.86. The molecule has 1 heterocycles. The van der Waals surface area contributed by atoms with Gasteiger partial charge in [-0.25, -0.2) is 13.1 Å². The van der Waals surface area contributed by atoms with E-state index in [1.165, 1.54) is 12.4 Å². The standard InChI is InChI=1S/C11H18N4O3S/c1-3-14-9-4-5-13-7-10(9)19(17,18)15-8(2)6-11(12)16/h4-5,7-8,15H,3,6H2,1-2H3,(H2,12,16)(H,13,14). The van der Waals surface area contributed by atoms with Crippen LogP contribution in [0.2, 0.25) is 0 Å². The summed E-state index contributed by atoms with van der Waals surface area (Å²) in [6, 6.07) is 1.01. The van der Waals surface area contributed by atoms with Crippen LogP contribution in [0.1, 0.15) is 20.3 Å². The van der Waals surface area contributed by atoms with Crippen molar-refractivity contribution in [1.29, 1.82) is 0 Å². The highest BCUT2D eigenvalue weighted by molar-refractivity contribution is 7.89. The summed E-state index contributed by atoms with van der Waals surface area (Å²) in [6.07, 6.45) is 2.71. The Hall–Kier alpha value is -1.67. The highest BCUT2D eigenvalue weighted by Crippen LogP contribution is 2.19. The van der Waals surface area contributed by atoms with Crippen molar-refractivity contribution in [3.05, 3.63) is 18.5 Å². The van der Waals surface area contributed by atoms with Gasteiger partial charge in [-0.15, -0.1) is 0 Å². The van der Waals surface area contributed by atoms with Gasteiger partial charge in [0.25, 0.3) is 0 Å². The Morgan fingerprint density at radius 3 is 2.79 bits per heavy atom. The van der Waals surface area contributed by atoms with E-state index in [2.05, 4.69) is 15.0 Å². The summed E-state index contributed by atoms with van der Waals surface area (Å²) in [5.41, 5.74) is 5.50. The van der Waals surface area contributed by atoms with Crippen LogP contribution in [-0.4, -0.2) is 31.9 Å². The number of pyridine rings is 1. The zero-order chi connectivity index (χ0) is 14.5. The van der Waals surface area contributed by atoms with Crippen LogP contribution in [0.25, 0.3) is 0 Å². The molecule has 0 aliphatic rings. The molecule has 0 radical (unpaired) electrons. The zero-order valence-electron chi connectivity index (χ0n) is 10.9. The number of sulfonamides is 1. The van der Waals surface area contributed by atoms with Crippen molar-refractivity contribution in [2.24, 2.45) is 5.73 Å². The molecule has 1 unspecified atom stereocenters. The summed E-state index contributed by atoms with van der Waals surface area (Å²) in [7, 11) is -3.74. The summed E-state index contributed by atoms with van der Waals surface area (Å²) in [5, 5.41) is 2.95. The van der Waals surface area contributed by atoms with Crippen LogP contribution in [0.4, 0.5) is 5.69 Å². The highest BCUT2D eigenvalue weighted by atomic mass is 32.2. The lowest BCUT2D eigenvalue weighted by molar-refractivity contribution is -0.118. The lowest BCUT2D eigenvalue weighted by atomic mass is 10.2. The van der Waals surface area contributed by atoms with E-state index in [4.69, 9.17) is 5.73 Å². The Balaban J connectivity index is 2.97. The molecule has 0 saturated heterocycles. The fourth-order valence-corrected chi connectivity index (χ4v) is 2.97. The molecule has 0 bridgehead atoms. The summed E-state index contributed by atoms with van der Waals surface area (Å²) in [4.78, 5) is 14.6. The monoisotopic (exact) mass is 286 g/mol. The van der Waals surface area contributed by atoms with Crippen LogP contribution in [0.15, 0.2) is 23.4 Å². The second kappa shape index (κ2) is 6.48. The van der Waals surface area contributed by atoms with Crippen LogP contribution in [0.3, 0.4) is 0 Å². The molecule has 7 nitrogen and oxygen atoms in total. The van der Waals surface area contributed by atoms with Gasteiger partial charge in [-0.05, 0) is 19.9 Å². The van der Waals surface area contributed by atoms with Gasteiger partial charge in [0, 0.05) is 31.4 Å². The molecule has 1 rings (SSSR count). The number of primary amides is 1. The number of hydrogen-bond donors (Lipinski definition) is 3. The fourth-order valence-electron chi connectivity index (χ4n) is 1.60. The maximum Gasteiger partial charge on any atom is 0.244 e. The molecule has 0 aliphatic carbocycles. The largest absolute Gasteiger partial charge is 0.384 e. The molecular weight excluding hydrogens is 268 g/mol. The number of nitrogens with zero attached hydrogens (tertiary/aromatic N) is 1. The second-order valence-electron chi connectivity index (χ2n) is 4.09. The van der Waals surface area contributed by atoms with Gasteiger partial charge < -0.3 is 11.1 Å². The average Bonchev–Trinajstić information content (AvgIpc) is 2.27. The van der Waals surface area contributed by atoms with Crippen LogP contribution in [-0.2, 0) is 14.8 Å². The van der Waals surface area contributed by atoms with Gasteiger partial charge in [0.1, 0.15) is 4.90 Å². The third-order valence-electron chi connectivity index (χ3n) is 2.30. The maximum atomic E-state index is 12.2. The summed E-state index contributed by atoms with van der Waals surface area (Å²) >= 11 is 0. The van der Waals surface area contributed by atoms with E-state index in [1.54, 1.807) is 13.0 Å². The lowest BCUT2D eigenvalue weighted by Gasteiger charge is -2.15. The zero-order valence-corrected chi connectivity index (χ0v) is 11.7. The van der Waals surface area contributed by atoms with Crippen molar-refractivity contribution in [3.63, 3.8) is 0 Å². The molecule has 1 amide bonds. The van der Waals surface area contributed by atoms with Gasteiger partial charge >= 0.3 is 0 Å². The minimum Gasteiger partial charge on any atom is -0.384 e. The summed E-state index contributed by atoms with van der Waals surface area (Å²) < 4.78 is 26.7. The minimum absolute atomic E-state index is 0.0492. The highest BCUT2D eigenvalue weighted by Gasteiger charge is 2.21. The molecule has 8 heteroatoms. The Morgan fingerprint density at radius 1 is 1.53 bits per heavy atom. The molecule has 0 aliphatic heterocycles. The number of nitrogens with two attached hydrogens (primary N) is 1. The molecule has 1 atom stereocenters. The molecule has 0 fully saturated rings. The molecule has 0 spiro atoms. The van der Waals surface area contributed by atoms with Gasteiger partial charge in [-0.2, -0.15) is 0 Å². The van der Waals surface area contributed by atoms with Gasteiger partial charge in [-0.1, -0.05) is 0 Å². The van der Waals surface area contributed by atoms with Crippen LogP contribution in [0, 0.1) is 0 Å². The summed E-state index contributed by atoms with van der Waals surface area (Å²) in [5.74, 6) is -0.562. The van der Waals surface area contributed by atoms with E-state index < -0.39 is 22.0 Å². The third kappa shape index (κ3) is 4.49. The SMILES string of the molecule is CCNc1ccncc1S(=O)(=O)NC(C)CC(N)=O. The second-order valence-corrected chi connectivity index (χ2v) is 5.78. The number of aromatic nitrogens is 1. The number of carbonyl (C=O) groups excluding carboxylic acids is 1. The van der Waals surface area contributed by atoms with Gasteiger partial charge in [-0.3, -0.25) is 9.78 Å². The van der Waals surface area contributed by atoms with E-state index >= 15 is 0 Å². The van der Waals surface area contributed by atoms with Gasteiger partial charge in [0.05, 0.1) is 5.69 Å². The first kappa shape index (κ1) is 15.4. The number of hydrogen-bond acceptors (Lipinski definition) is 5. The molecule has 19 heavy (non-hydrogen) atoms. The predicted octanol–water partition coefficient (Wildman–Crippen LogP) is 0.0556. The number of rotatable bonds is 7. The first-order valence-electron chi connectivity index (χ1n) is 5.85. The first-order valence-corrected chi connectivity index (χ1v) is 7.33. The van der Waals surface area contributed by atoms with E-state index in [0.29, 0.717) is 12.2 Å². The Kier molecular flexibility index (Phi) is 5.25.